The van der Waals surface area contributed by atoms with Crippen LogP contribution in [0, 0.1) is 5.92 Å². The predicted molar refractivity (Wildman–Crippen MR) is 93.2 cm³/mol. The second kappa shape index (κ2) is 8.45. The summed E-state index contributed by atoms with van der Waals surface area (Å²) in [5, 5.41) is 9.31. The molecule has 0 aromatic carbocycles. The van der Waals surface area contributed by atoms with E-state index in [-0.39, 0.29) is 43.0 Å². The van der Waals surface area contributed by atoms with E-state index in [0.29, 0.717) is 25.9 Å². The summed E-state index contributed by atoms with van der Waals surface area (Å²) in [5.74, 6) is -1.49. The molecule has 0 radical (unpaired) electrons. The summed E-state index contributed by atoms with van der Waals surface area (Å²) in [5.41, 5.74) is 2.33. The van der Waals surface area contributed by atoms with Crippen LogP contribution in [-0.2, 0) is 24.0 Å². The zero-order chi connectivity index (χ0) is 19.6. The maximum absolute atomic E-state index is 13.2. The molecule has 2 unspecified atom stereocenters. The van der Waals surface area contributed by atoms with Gasteiger partial charge in [0.2, 0.25) is 5.91 Å². The summed E-state index contributed by atoms with van der Waals surface area (Å²) in [6.07, 6.45) is 2.70. The Bertz CT molecular complexity index is 624. The summed E-state index contributed by atoms with van der Waals surface area (Å²) >= 11 is 0. The zero-order valence-electron chi connectivity index (χ0n) is 15.6. The van der Waals surface area contributed by atoms with E-state index >= 15 is 0 Å². The lowest BCUT2D eigenvalue weighted by Gasteiger charge is -2.32. The number of likely N-dealkylation sites (tertiary alicyclic amines) is 2. The Labute approximate surface area is 158 Å². The third-order valence-electron chi connectivity index (χ3n) is 5.85. The van der Waals surface area contributed by atoms with Crippen molar-refractivity contribution in [3.8, 4) is 0 Å². The second-order valence-corrected chi connectivity index (χ2v) is 7.54. The Balaban J connectivity index is 1.68. The topological polar surface area (TPSA) is 116 Å². The van der Waals surface area contributed by atoms with Crippen LogP contribution in [0.5, 0.6) is 0 Å². The predicted octanol–water partition coefficient (Wildman–Crippen LogP) is -0.971. The first-order chi connectivity index (χ1) is 12.9. The third-order valence-corrected chi connectivity index (χ3v) is 5.85. The number of Topliss-reactive ketones (excluding diaryl/α,β-unsaturated/α-hetero) is 2. The van der Waals surface area contributed by atoms with Crippen molar-refractivity contribution in [3.63, 3.8) is 0 Å². The summed E-state index contributed by atoms with van der Waals surface area (Å²) in [4.78, 5) is 57.8. The highest BCUT2D eigenvalue weighted by Gasteiger charge is 2.45. The van der Waals surface area contributed by atoms with Crippen molar-refractivity contribution in [1.82, 2.24) is 15.3 Å². The highest BCUT2D eigenvalue weighted by Crippen LogP contribution is 2.28. The minimum Gasteiger partial charge on any atom is -0.396 e. The zero-order valence-corrected chi connectivity index (χ0v) is 15.6. The number of amides is 2. The highest BCUT2D eigenvalue weighted by molar-refractivity contribution is 5.94. The van der Waals surface area contributed by atoms with Gasteiger partial charge in [-0.15, -0.1) is 0 Å². The van der Waals surface area contributed by atoms with Crippen LogP contribution in [0.3, 0.4) is 0 Å². The molecule has 4 atom stereocenters. The van der Waals surface area contributed by atoms with Gasteiger partial charge in [-0.25, -0.2) is 5.48 Å². The molecular weight excluding hydrogens is 354 g/mol. The molecule has 3 fully saturated rings. The SMILES string of the molecule is CC(=O)[C@H](CO)CC(=O)C1CCCN1C(=O)C1CCCN1[C@H]1CONC1=O. The van der Waals surface area contributed by atoms with Crippen LogP contribution in [0.15, 0.2) is 0 Å². The minimum absolute atomic E-state index is 0.0481. The van der Waals surface area contributed by atoms with Crippen LogP contribution in [0.2, 0.25) is 0 Å². The van der Waals surface area contributed by atoms with Gasteiger partial charge in [-0.3, -0.25) is 28.9 Å². The van der Waals surface area contributed by atoms with Gasteiger partial charge in [-0.05, 0) is 39.2 Å². The number of carbonyl (C=O) groups is 4. The number of ketones is 2. The molecule has 0 bridgehead atoms. The number of carbonyl (C=O) groups excluding carboxylic acids is 4. The monoisotopic (exact) mass is 381 g/mol. The molecule has 9 heteroatoms. The molecule has 3 aliphatic rings. The van der Waals surface area contributed by atoms with E-state index in [1.807, 2.05) is 4.90 Å². The number of rotatable bonds is 7. The number of nitrogens with one attached hydrogen (secondary N) is 1. The molecule has 3 rings (SSSR count). The Morgan fingerprint density at radius 3 is 2.56 bits per heavy atom. The average molecular weight is 381 g/mol. The van der Waals surface area contributed by atoms with E-state index in [0.717, 1.165) is 12.8 Å². The van der Waals surface area contributed by atoms with Gasteiger partial charge >= 0.3 is 0 Å². The van der Waals surface area contributed by atoms with Crippen molar-refractivity contribution in [3.05, 3.63) is 0 Å². The Morgan fingerprint density at radius 1 is 1.22 bits per heavy atom. The number of hydrogen-bond acceptors (Lipinski definition) is 7. The number of nitrogens with zero attached hydrogens (tertiary/aromatic N) is 2. The number of aliphatic hydroxyl groups excluding tert-OH is 1. The van der Waals surface area contributed by atoms with E-state index in [1.165, 1.54) is 6.92 Å². The van der Waals surface area contributed by atoms with Gasteiger partial charge < -0.3 is 10.0 Å². The normalized spacial score (nSPS) is 29.8. The Kier molecular flexibility index (Phi) is 6.23. The van der Waals surface area contributed by atoms with Crippen LogP contribution < -0.4 is 5.48 Å². The summed E-state index contributed by atoms with van der Waals surface area (Å²) in [6, 6.07) is -1.46. The number of hydroxylamine groups is 1. The molecule has 150 valence electrons. The Hall–Kier alpha value is -1.84. The first-order valence-electron chi connectivity index (χ1n) is 9.56. The van der Waals surface area contributed by atoms with Crippen LogP contribution in [-0.4, -0.2) is 82.7 Å². The third kappa shape index (κ3) is 4.04. The first kappa shape index (κ1) is 19.9. The largest absolute Gasteiger partial charge is 0.396 e. The molecular formula is C18H27N3O6. The molecule has 0 aromatic rings. The molecule has 9 nitrogen and oxygen atoms in total. The summed E-state index contributed by atoms with van der Waals surface area (Å²) < 4.78 is 0. The van der Waals surface area contributed by atoms with Gasteiger partial charge in [-0.2, -0.15) is 0 Å². The Morgan fingerprint density at radius 2 is 1.93 bits per heavy atom. The fraction of sp³-hybridized carbons (Fsp3) is 0.778. The molecule has 3 aliphatic heterocycles. The molecule has 0 aromatic heterocycles. The van der Waals surface area contributed by atoms with Gasteiger partial charge in [0.15, 0.2) is 5.78 Å². The molecule has 0 spiro atoms. The van der Waals surface area contributed by atoms with Gasteiger partial charge in [0.25, 0.3) is 5.91 Å². The van der Waals surface area contributed by atoms with Crippen molar-refractivity contribution in [2.75, 3.05) is 26.3 Å². The van der Waals surface area contributed by atoms with E-state index < -0.39 is 24.0 Å². The molecule has 2 N–H and O–H groups in total. The minimum atomic E-state index is -0.711. The van der Waals surface area contributed by atoms with Crippen molar-refractivity contribution in [1.29, 1.82) is 0 Å². The second-order valence-electron chi connectivity index (χ2n) is 7.54. The molecule has 27 heavy (non-hydrogen) atoms. The molecule has 3 heterocycles. The van der Waals surface area contributed by atoms with Crippen LogP contribution in [0.25, 0.3) is 0 Å². The van der Waals surface area contributed by atoms with Crippen LogP contribution in [0.4, 0.5) is 0 Å². The standard InChI is InChI=1S/C18H27N3O6/c1-11(23)12(9-22)8-16(24)13-4-2-7-21(13)18(26)14-5-3-6-20(14)15-10-27-19-17(15)25/h12-15,22H,2-10H2,1H3,(H,19,25)/t12-,13?,14?,15-/m0/s1. The van der Waals surface area contributed by atoms with Crippen molar-refractivity contribution in [2.45, 2.75) is 57.2 Å². The smallest absolute Gasteiger partial charge is 0.263 e. The van der Waals surface area contributed by atoms with Crippen LogP contribution in [0.1, 0.15) is 39.0 Å². The lowest BCUT2D eigenvalue weighted by molar-refractivity contribution is -0.143. The molecule has 0 saturated carbocycles. The van der Waals surface area contributed by atoms with Gasteiger partial charge in [0.05, 0.1) is 25.3 Å². The number of hydrogen-bond donors (Lipinski definition) is 2. The highest BCUT2D eigenvalue weighted by atomic mass is 16.7. The number of aliphatic hydroxyl groups is 1. The van der Waals surface area contributed by atoms with Gasteiger partial charge in [-0.1, -0.05) is 0 Å². The van der Waals surface area contributed by atoms with Crippen molar-refractivity contribution in [2.24, 2.45) is 5.92 Å². The molecule has 2 amide bonds. The van der Waals surface area contributed by atoms with Gasteiger partial charge in [0, 0.05) is 18.9 Å². The van der Waals surface area contributed by atoms with Gasteiger partial charge in [0.1, 0.15) is 11.8 Å². The maximum Gasteiger partial charge on any atom is 0.263 e. The lowest BCUT2D eigenvalue weighted by atomic mass is 9.95. The lowest BCUT2D eigenvalue weighted by Crippen LogP contribution is -2.54. The average Bonchev–Trinajstić information content (AvgIpc) is 3.37. The van der Waals surface area contributed by atoms with E-state index in [2.05, 4.69) is 5.48 Å². The van der Waals surface area contributed by atoms with Crippen molar-refractivity contribution < 1.29 is 29.1 Å². The van der Waals surface area contributed by atoms with Crippen LogP contribution >= 0.6 is 0 Å². The van der Waals surface area contributed by atoms with E-state index in [1.54, 1.807) is 4.90 Å². The van der Waals surface area contributed by atoms with E-state index in [4.69, 9.17) is 4.84 Å². The molecule has 3 saturated heterocycles. The fourth-order valence-electron chi connectivity index (χ4n) is 4.28. The quantitative estimate of drug-likeness (QED) is 0.583. The summed E-state index contributed by atoms with van der Waals surface area (Å²) in [6.45, 7) is 2.34. The van der Waals surface area contributed by atoms with E-state index in [9.17, 15) is 24.3 Å². The summed E-state index contributed by atoms with van der Waals surface area (Å²) in [7, 11) is 0. The van der Waals surface area contributed by atoms with Crippen molar-refractivity contribution >= 4 is 23.4 Å². The molecule has 0 aliphatic carbocycles. The fourth-order valence-corrected chi connectivity index (χ4v) is 4.28. The maximum atomic E-state index is 13.2. The first-order valence-corrected chi connectivity index (χ1v) is 9.56.